The Balaban J connectivity index is 2.14. The van der Waals surface area contributed by atoms with E-state index in [0.29, 0.717) is 0 Å². The lowest BCUT2D eigenvalue weighted by atomic mass is 10.0. The van der Waals surface area contributed by atoms with Crippen molar-refractivity contribution in [3.63, 3.8) is 0 Å². The summed E-state index contributed by atoms with van der Waals surface area (Å²) < 4.78 is 0. The fourth-order valence-electron chi connectivity index (χ4n) is 2.74. The fraction of sp³-hybridized carbons (Fsp3) is 0.500. The normalized spacial score (nSPS) is 18.5. The van der Waals surface area contributed by atoms with Crippen molar-refractivity contribution in [1.29, 1.82) is 0 Å². The molecule has 1 aromatic rings. The third-order valence-electron chi connectivity index (χ3n) is 3.93. The molecular formula is C16H22N2O3. The number of fused-ring (bicyclic) bond motifs is 1. The van der Waals surface area contributed by atoms with Crippen molar-refractivity contribution in [3.05, 3.63) is 29.8 Å². The van der Waals surface area contributed by atoms with Crippen molar-refractivity contribution in [2.24, 2.45) is 5.92 Å². The number of anilines is 1. The summed E-state index contributed by atoms with van der Waals surface area (Å²) in [5, 5.41) is 11.8. The average Bonchev–Trinajstić information content (AvgIpc) is 2.73. The molecule has 2 N–H and O–H groups in total. The van der Waals surface area contributed by atoms with Crippen LogP contribution in [0.5, 0.6) is 0 Å². The van der Waals surface area contributed by atoms with Crippen LogP contribution in [0, 0.1) is 5.92 Å². The Morgan fingerprint density at radius 1 is 1.38 bits per heavy atom. The molecule has 2 unspecified atom stereocenters. The third-order valence-corrected chi connectivity index (χ3v) is 3.93. The molecule has 5 heteroatoms. The minimum atomic E-state index is -0.899. The number of rotatable bonds is 4. The summed E-state index contributed by atoms with van der Waals surface area (Å²) in [5.41, 5.74) is 2.07. The lowest BCUT2D eigenvalue weighted by Gasteiger charge is -2.28. The Bertz CT molecular complexity index is 542. The van der Waals surface area contributed by atoms with Crippen LogP contribution in [0.15, 0.2) is 24.3 Å². The highest BCUT2D eigenvalue weighted by atomic mass is 16.4. The van der Waals surface area contributed by atoms with Gasteiger partial charge in [0.15, 0.2) is 0 Å². The number of amides is 2. The second-order valence-electron chi connectivity index (χ2n) is 5.95. The molecule has 5 nitrogen and oxygen atoms in total. The third kappa shape index (κ3) is 3.35. The molecule has 0 spiro atoms. The van der Waals surface area contributed by atoms with Crippen LogP contribution in [0.2, 0.25) is 0 Å². The first-order valence-corrected chi connectivity index (χ1v) is 7.29. The molecule has 0 aromatic heterocycles. The van der Waals surface area contributed by atoms with Crippen LogP contribution in [0.4, 0.5) is 10.5 Å². The van der Waals surface area contributed by atoms with Gasteiger partial charge in [0.25, 0.3) is 0 Å². The summed E-state index contributed by atoms with van der Waals surface area (Å²) in [6.07, 6.45) is 0.766. The summed E-state index contributed by atoms with van der Waals surface area (Å²) in [5.74, 6) is -0.831. The first kappa shape index (κ1) is 15.4. The minimum Gasteiger partial charge on any atom is -0.481 e. The molecule has 1 aliphatic rings. The minimum absolute atomic E-state index is 0.0622. The Hall–Kier alpha value is -2.04. The molecule has 0 bridgehead atoms. The molecule has 1 heterocycles. The van der Waals surface area contributed by atoms with Crippen LogP contribution in [0.1, 0.15) is 32.8 Å². The molecule has 0 aliphatic carbocycles. The van der Waals surface area contributed by atoms with Gasteiger partial charge in [-0.05, 0) is 30.9 Å². The second-order valence-corrected chi connectivity index (χ2v) is 5.95. The van der Waals surface area contributed by atoms with Crippen molar-refractivity contribution in [2.45, 2.75) is 45.7 Å². The van der Waals surface area contributed by atoms with Crippen LogP contribution in [-0.2, 0) is 11.2 Å². The largest absolute Gasteiger partial charge is 0.481 e. The maximum absolute atomic E-state index is 12.5. The number of para-hydroxylation sites is 1. The van der Waals surface area contributed by atoms with Crippen LogP contribution in [-0.4, -0.2) is 29.2 Å². The van der Waals surface area contributed by atoms with E-state index in [2.05, 4.69) is 5.32 Å². The Kier molecular flexibility index (Phi) is 4.50. The predicted octanol–water partition coefficient (Wildman–Crippen LogP) is 2.65. The highest BCUT2D eigenvalue weighted by molar-refractivity contribution is 5.95. The van der Waals surface area contributed by atoms with Gasteiger partial charge in [-0.15, -0.1) is 0 Å². The number of carbonyl (C=O) groups excluding carboxylic acids is 1. The topological polar surface area (TPSA) is 69.6 Å². The van der Waals surface area contributed by atoms with Gasteiger partial charge in [0.1, 0.15) is 0 Å². The maximum atomic E-state index is 12.5. The Morgan fingerprint density at radius 3 is 2.67 bits per heavy atom. The van der Waals surface area contributed by atoms with E-state index in [4.69, 9.17) is 5.11 Å². The SMILES string of the molecule is CC(C)C(CC(=O)O)NC(=O)N1c2ccccc2CC1C. The van der Waals surface area contributed by atoms with Crippen molar-refractivity contribution < 1.29 is 14.7 Å². The first-order chi connectivity index (χ1) is 9.90. The monoisotopic (exact) mass is 290 g/mol. The highest BCUT2D eigenvalue weighted by Gasteiger charge is 2.32. The zero-order valence-electron chi connectivity index (χ0n) is 12.7. The predicted molar refractivity (Wildman–Crippen MR) is 81.5 cm³/mol. The fourth-order valence-corrected chi connectivity index (χ4v) is 2.74. The second kappa shape index (κ2) is 6.16. The summed E-state index contributed by atoms with van der Waals surface area (Å²) in [7, 11) is 0. The van der Waals surface area contributed by atoms with E-state index >= 15 is 0 Å². The molecule has 2 amide bonds. The van der Waals surface area contributed by atoms with Crippen molar-refractivity contribution in [2.75, 3.05) is 4.90 Å². The van der Waals surface area contributed by atoms with Gasteiger partial charge in [-0.1, -0.05) is 32.0 Å². The van der Waals surface area contributed by atoms with E-state index in [1.165, 1.54) is 0 Å². The molecule has 21 heavy (non-hydrogen) atoms. The molecule has 0 radical (unpaired) electrons. The van der Waals surface area contributed by atoms with Crippen molar-refractivity contribution in [3.8, 4) is 0 Å². The molecule has 114 valence electrons. The number of carboxylic acid groups (broad SMARTS) is 1. The maximum Gasteiger partial charge on any atom is 0.322 e. The van der Waals surface area contributed by atoms with E-state index in [-0.39, 0.29) is 30.5 Å². The number of nitrogens with one attached hydrogen (secondary N) is 1. The van der Waals surface area contributed by atoms with Crippen LogP contribution < -0.4 is 10.2 Å². The van der Waals surface area contributed by atoms with Gasteiger partial charge in [-0.25, -0.2) is 4.79 Å². The van der Waals surface area contributed by atoms with Crippen molar-refractivity contribution in [1.82, 2.24) is 5.32 Å². The lowest BCUT2D eigenvalue weighted by Crippen LogP contribution is -2.49. The molecule has 1 aromatic carbocycles. The summed E-state index contributed by atoms with van der Waals surface area (Å²) in [6, 6.07) is 7.33. The Morgan fingerprint density at radius 2 is 2.05 bits per heavy atom. The quantitative estimate of drug-likeness (QED) is 0.895. The number of carboxylic acids is 1. The van der Waals surface area contributed by atoms with E-state index in [1.807, 2.05) is 45.0 Å². The molecule has 0 fully saturated rings. The van der Waals surface area contributed by atoms with Gasteiger partial charge in [0.2, 0.25) is 0 Å². The number of hydrogen-bond acceptors (Lipinski definition) is 2. The van der Waals surface area contributed by atoms with E-state index in [1.54, 1.807) is 4.90 Å². The molecule has 0 saturated carbocycles. The number of nitrogens with zero attached hydrogens (tertiary/aromatic N) is 1. The number of aliphatic carboxylic acids is 1. The van der Waals surface area contributed by atoms with Gasteiger partial charge in [0, 0.05) is 17.8 Å². The zero-order chi connectivity index (χ0) is 15.6. The van der Waals surface area contributed by atoms with Crippen LogP contribution in [0.25, 0.3) is 0 Å². The van der Waals surface area contributed by atoms with Gasteiger partial charge in [-0.2, -0.15) is 0 Å². The number of urea groups is 1. The van der Waals surface area contributed by atoms with Crippen LogP contribution in [0.3, 0.4) is 0 Å². The number of carbonyl (C=O) groups is 2. The van der Waals surface area contributed by atoms with Gasteiger partial charge >= 0.3 is 12.0 Å². The number of hydrogen-bond donors (Lipinski definition) is 2. The summed E-state index contributed by atoms with van der Waals surface area (Å²) in [6.45, 7) is 5.83. The highest BCUT2D eigenvalue weighted by Crippen LogP contribution is 2.31. The average molecular weight is 290 g/mol. The van der Waals surface area contributed by atoms with Gasteiger partial charge in [0.05, 0.1) is 6.42 Å². The van der Waals surface area contributed by atoms with Gasteiger partial charge in [-0.3, -0.25) is 9.69 Å². The van der Waals surface area contributed by atoms with Crippen molar-refractivity contribution >= 4 is 17.7 Å². The lowest BCUT2D eigenvalue weighted by molar-refractivity contribution is -0.137. The van der Waals surface area contributed by atoms with E-state index in [9.17, 15) is 9.59 Å². The summed E-state index contributed by atoms with van der Waals surface area (Å²) >= 11 is 0. The van der Waals surface area contributed by atoms with E-state index in [0.717, 1.165) is 17.7 Å². The van der Waals surface area contributed by atoms with Gasteiger partial charge < -0.3 is 10.4 Å². The van der Waals surface area contributed by atoms with Crippen LogP contribution >= 0.6 is 0 Å². The molecule has 2 atom stereocenters. The Labute approximate surface area is 125 Å². The molecule has 1 aliphatic heterocycles. The standard InChI is InChI=1S/C16H22N2O3/c1-10(2)13(9-15(19)20)17-16(21)18-11(3)8-12-6-4-5-7-14(12)18/h4-7,10-11,13H,8-9H2,1-3H3,(H,17,21)(H,19,20). The first-order valence-electron chi connectivity index (χ1n) is 7.29. The number of benzene rings is 1. The van der Waals surface area contributed by atoms with E-state index < -0.39 is 5.97 Å². The summed E-state index contributed by atoms with van der Waals surface area (Å²) in [4.78, 5) is 25.2. The molecule has 0 saturated heterocycles. The molecule has 2 rings (SSSR count). The smallest absolute Gasteiger partial charge is 0.322 e. The zero-order valence-corrected chi connectivity index (χ0v) is 12.7. The molecular weight excluding hydrogens is 268 g/mol.